The van der Waals surface area contributed by atoms with Crippen LogP contribution in [0.15, 0.2) is 40.8 Å². The topological polar surface area (TPSA) is 98.0 Å². The number of furan rings is 1. The van der Waals surface area contributed by atoms with Crippen LogP contribution in [0, 0.1) is 0 Å². The summed E-state index contributed by atoms with van der Waals surface area (Å²) < 4.78 is 15.9. The number of carboxylic acid groups (broad SMARTS) is 1. The zero-order chi connectivity index (χ0) is 16.2. The summed E-state index contributed by atoms with van der Waals surface area (Å²) in [5.74, 6) is -1.38. The molecule has 1 amide bonds. The van der Waals surface area contributed by atoms with E-state index in [0.717, 1.165) is 6.42 Å². The maximum absolute atomic E-state index is 12.0. The molecule has 1 aliphatic heterocycles. The van der Waals surface area contributed by atoms with E-state index in [1.807, 2.05) is 0 Å². The van der Waals surface area contributed by atoms with Crippen molar-refractivity contribution in [1.29, 1.82) is 0 Å². The van der Waals surface area contributed by atoms with E-state index in [9.17, 15) is 9.59 Å². The first-order valence-electron chi connectivity index (χ1n) is 7.11. The van der Waals surface area contributed by atoms with Gasteiger partial charge in [-0.05, 0) is 36.4 Å². The molecule has 1 atom stereocenters. The van der Waals surface area contributed by atoms with E-state index in [2.05, 4.69) is 5.32 Å². The fourth-order valence-electron chi connectivity index (χ4n) is 2.18. The second-order valence-corrected chi connectivity index (χ2v) is 5.05. The van der Waals surface area contributed by atoms with Crippen LogP contribution in [-0.2, 0) is 4.74 Å². The second kappa shape index (κ2) is 6.53. The third-order valence-corrected chi connectivity index (χ3v) is 3.34. The smallest absolute Gasteiger partial charge is 0.371 e. The Morgan fingerprint density at radius 3 is 2.48 bits per heavy atom. The van der Waals surface area contributed by atoms with Crippen LogP contribution in [0.1, 0.15) is 27.5 Å². The van der Waals surface area contributed by atoms with Crippen LogP contribution in [0.4, 0.5) is 5.69 Å². The Morgan fingerprint density at radius 1 is 1.13 bits per heavy atom. The van der Waals surface area contributed by atoms with Gasteiger partial charge < -0.3 is 24.3 Å². The third-order valence-electron chi connectivity index (χ3n) is 3.34. The molecule has 1 aliphatic rings. The van der Waals surface area contributed by atoms with Gasteiger partial charge in [-0.15, -0.1) is 0 Å². The predicted octanol–water partition coefficient (Wildman–Crippen LogP) is 2.40. The largest absolute Gasteiger partial charge is 0.488 e. The van der Waals surface area contributed by atoms with Crippen molar-refractivity contribution >= 4 is 17.6 Å². The summed E-state index contributed by atoms with van der Waals surface area (Å²) in [6.07, 6.45) is 0.927. The van der Waals surface area contributed by atoms with Crippen LogP contribution in [0.5, 0.6) is 5.75 Å². The molecule has 0 spiro atoms. The molecule has 0 aliphatic carbocycles. The van der Waals surface area contributed by atoms with Crippen molar-refractivity contribution < 1.29 is 28.6 Å². The number of ether oxygens (including phenoxy) is 2. The standard InChI is InChI=1S/C16H15NO6/c18-15(13-5-6-14(23-13)16(19)20)17-10-1-3-11(4-2-10)22-12-7-8-21-9-12/h1-6,12H,7-9H2,(H,17,18)(H,19,20). The van der Waals surface area contributed by atoms with Gasteiger partial charge >= 0.3 is 5.97 Å². The number of hydrogen-bond donors (Lipinski definition) is 2. The molecule has 1 aromatic carbocycles. The number of carboxylic acids is 1. The SMILES string of the molecule is O=C(O)c1ccc(C(=O)Nc2ccc(OC3CCOC3)cc2)o1. The molecule has 0 radical (unpaired) electrons. The van der Waals surface area contributed by atoms with E-state index in [0.29, 0.717) is 24.7 Å². The first kappa shape index (κ1) is 15.1. The van der Waals surface area contributed by atoms with E-state index in [-0.39, 0.29) is 17.6 Å². The fraction of sp³-hybridized carbons (Fsp3) is 0.250. The summed E-state index contributed by atoms with van der Waals surface area (Å²) in [5, 5.41) is 11.4. The highest BCUT2D eigenvalue weighted by Gasteiger charge is 2.17. The summed E-state index contributed by atoms with van der Waals surface area (Å²) in [6, 6.07) is 9.44. The minimum atomic E-state index is -1.22. The van der Waals surface area contributed by atoms with Crippen molar-refractivity contribution in [3.05, 3.63) is 47.9 Å². The number of anilines is 1. The number of aromatic carboxylic acids is 1. The van der Waals surface area contributed by atoms with Crippen molar-refractivity contribution in [2.45, 2.75) is 12.5 Å². The summed E-state index contributed by atoms with van der Waals surface area (Å²) >= 11 is 0. The molecule has 0 bridgehead atoms. The number of amides is 1. The monoisotopic (exact) mass is 317 g/mol. The van der Waals surface area contributed by atoms with Crippen molar-refractivity contribution in [3.63, 3.8) is 0 Å². The summed E-state index contributed by atoms with van der Waals surface area (Å²) in [4.78, 5) is 22.7. The van der Waals surface area contributed by atoms with E-state index in [4.69, 9.17) is 19.0 Å². The lowest BCUT2D eigenvalue weighted by molar-refractivity contribution is 0.0660. The van der Waals surface area contributed by atoms with Crippen molar-refractivity contribution in [3.8, 4) is 5.75 Å². The second-order valence-electron chi connectivity index (χ2n) is 5.05. The average Bonchev–Trinajstić information content (AvgIpc) is 3.20. The van der Waals surface area contributed by atoms with Gasteiger partial charge in [0.2, 0.25) is 5.76 Å². The molecular formula is C16H15NO6. The molecule has 1 aromatic heterocycles. The Kier molecular flexibility index (Phi) is 4.29. The molecule has 23 heavy (non-hydrogen) atoms. The zero-order valence-electron chi connectivity index (χ0n) is 12.2. The van der Waals surface area contributed by atoms with Crippen molar-refractivity contribution in [2.75, 3.05) is 18.5 Å². The van der Waals surface area contributed by atoms with Crippen LogP contribution in [0.3, 0.4) is 0 Å². The predicted molar refractivity (Wildman–Crippen MR) is 79.9 cm³/mol. The van der Waals surface area contributed by atoms with Crippen molar-refractivity contribution in [2.24, 2.45) is 0 Å². The Hall–Kier alpha value is -2.80. The molecule has 7 nitrogen and oxygen atoms in total. The van der Waals surface area contributed by atoms with Crippen molar-refractivity contribution in [1.82, 2.24) is 0 Å². The minimum absolute atomic E-state index is 0.0630. The summed E-state index contributed by atoms with van der Waals surface area (Å²) in [6.45, 7) is 1.29. The first-order valence-corrected chi connectivity index (χ1v) is 7.11. The van der Waals surface area contributed by atoms with E-state index >= 15 is 0 Å². The molecule has 2 aromatic rings. The van der Waals surface area contributed by atoms with Gasteiger partial charge in [0.05, 0.1) is 13.2 Å². The zero-order valence-corrected chi connectivity index (χ0v) is 12.2. The average molecular weight is 317 g/mol. The Labute approximate surface area is 131 Å². The Bertz CT molecular complexity index is 700. The number of rotatable bonds is 5. The highest BCUT2D eigenvalue weighted by molar-refractivity contribution is 6.02. The number of nitrogens with one attached hydrogen (secondary N) is 1. The first-order chi connectivity index (χ1) is 11.1. The van der Waals surface area contributed by atoms with Gasteiger partial charge in [0.15, 0.2) is 5.76 Å². The van der Waals surface area contributed by atoms with Gasteiger partial charge in [-0.2, -0.15) is 0 Å². The highest BCUT2D eigenvalue weighted by atomic mass is 16.5. The molecule has 7 heteroatoms. The van der Waals surface area contributed by atoms with Gasteiger partial charge in [-0.3, -0.25) is 4.79 Å². The van der Waals surface area contributed by atoms with Gasteiger partial charge in [-0.25, -0.2) is 4.79 Å². The van der Waals surface area contributed by atoms with Gasteiger partial charge in [-0.1, -0.05) is 0 Å². The highest BCUT2D eigenvalue weighted by Crippen LogP contribution is 2.20. The van der Waals surface area contributed by atoms with Crippen LogP contribution in [0.25, 0.3) is 0 Å². The summed E-state index contributed by atoms with van der Waals surface area (Å²) in [7, 11) is 0. The Balaban J connectivity index is 1.60. The fourth-order valence-corrected chi connectivity index (χ4v) is 2.18. The van der Waals surface area contributed by atoms with Crippen LogP contribution in [-0.4, -0.2) is 36.3 Å². The Morgan fingerprint density at radius 2 is 1.87 bits per heavy atom. The van der Waals surface area contributed by atoms with Crippen LogP contribution in [0.2, 0.25) is 0 Å². The van der Waals surface area contributed by atoms with Crippen LogP contribution >= 0.6 is 0 Å². The molecule has 2 N–H and O–H groups in total. The molecular weight excluding hydrogens is 302 g/mol. The normalized spacial score (nSPS) is 17.0. The molecule has 0 saturated carbocycles. The number of carbonyl (C=O) groups excluding carboxylic acids is 1. The minimum Gasteiger partial charge on any atom is -0.488 e. The van der Waals surface area contributed by atoms with E-state index < -0.39 is 11.9 Å². The summed E-state index contributed by atoms with van der Waals surface area (Å²) in [5.41, 5.74) is 0.554. The molecule has 2 heterocycles. The number of hydrogen-bond acceptors (Lipinski definition) is 5. The van der Waals surface area contributed by atoms with Gasteiger partial charge in [0.1, 0.15) is 11.9 Å². The lowest BCUT2D eigenvalue weighted by Crippen LogP contribution is -2.15. The maximum atomic E-state index is 12.0. The maximum Gasteiger partial charge on any atom is 0.371 e. The van der Waals surface area contributed by atoms with Gasteiger partial charge in [0, 0.05) is 12.1 Å². The number of benzene rings is 1. The molecule has 1 unspecified atom stereocenters. The lowest BCUT2D eigenvalue weighted by atomic mass is 10.2. The molecule has 3 rings (SSSR count). The quantitative estimate of drug-likeness (QED) is 0.878. The van der Waals surface area contributed by atoms with Gasteiger partial charge in [0.25, 0.3) is 5.91 Å². The van der Waals surface area contributed by atoms with Crippen LogP contribution < -0.4 is 10.1 Å². The molecule has 1 saturated heterocycles. The van der Waals surface area contributed by atoms with E-state index in [1.54, 1.807) is 24.3 Å². The molecule has 120 valence electrons. The lowest BCUT2D eigenvalue weighted by Gasteiger charge is -2.12. The van der Waals surface area contributed by atoms with E-state index in [1.165, 1.54) is 12.1 Å². The molecule has 1 fully saturated rings. The third kappa shape index (κ3) is 3.70. The number of carbonyl (C=O) groups is 2.